The Hall–Kier alpha value is -1.75. The van der Waals surface area contributed by atoms with Gasteiger partial charge in [0.1, 0.15) is 5.75 Å². The van der Waals surface area contributed by atoms with Crippen molar-refractivity contribution >= 4 is 11.6 Å². The van der Waals surface area contributed by atoms with E-state index in [1.807, 2.05) is 0 Å². The molecule has 1 aromatic rings. The van der Waals surface area contributed by atoms with Gasteiger partial charge in [0.2, 0.25) is 0 Å². The molecule has 0 radical (unpaired) electrons. The van der Waals surface area contributed by atoms with Crippen molar-refractivity contribution in [3.05, 3.63) is 23.8 Å². The summed E-state index contributed by atoms with van der Waals surface area (Å²) < 4.78 is 5.16. The number of aliphatic hydroxyl groups is 1. The maximum Gasteiger partial charge on any atom is 0.254 e. The van der Waals surface area contributed by atoms with Crippen LogP contribution in [-0.2, 0) is 0 Å². The second-order valence-electron chi connectivity index (χ2n) is 5.14. The fraction of sp³-hybridized carbons (Fsp3) is 0.533. The molecule has 0 aromatic heterocycles. The zero-order valence-corrected chi connectivity index (χ0v) is 11.8. The van der Waals surface area contributed by atoms with Crippen LogP contribution in [0, 0.1) is 0 Å². The lowest BCUT2D eigenvalue weighted by atomic mass is 10.1. The number of ether oxygens (including phenoxy) is 1. The monoisotopic (exact) mass is 278 g/mol. The van der Waals surface area contributed by atoms with Crippen LogP contribution in [0.5, 0.6) is 5.75 Å². The lowest BCUT2D eigenvalue weighted by Crippen LogP contribution is -2.42. The molecule has 0 aliphatic carbocycles. The number of hydrogen-bond acceptors (Lipinski definition) is 4. The molecule has 0 bridgehead atoms. The predicted octanol–water partition coefficient (Wildman–Crippen LogP) is 1.65. The zero-order valence-electron chi connectivity index (χ0n) is 11.8. The highest BCUT2D eigenvalue weighted by Crippen LogP contribution is 2.25. The van der Waals surface area contributed by atoms with Gasteiger partial charge in [-0.25, -0.2) is 0 Å². The minimum Gasteiger partial charge on any atom is -0.495 e. The number of carbonyl (C=O) groups excluding carboxylic acids is 1. The van der Waals surface area contributed by atoms with Gasteiger partial charge >= 0.3 is 0 Å². The summed E-state index contributed by atoms with van der Waals surface area (Å²) in [6.07, 6.45) is 3.99. The number of carbonyl (C=O) groups is 1. The van der Waals surface area contributed by atoms with Gasteiger partial charge in [-0.3, -0.25) is 4.79 Å². The van der Waals surface area contributed by atoms with Gasteiger partial charge in [0.25, 0.3) is 5.91 Å². The van der Waals surface area contributed by atoms with Crippen molar-refractivity contribution in [2.75, 3.05) is 26.0 Å². The number of rotatable bonds is 3. The molecule has 0 spiro atoms. The molecule has 110 valence electrons. The summed E-state index contributed by atoms with van der Waals surface area (Å²) in [4.78, 5) is 14.4. The Labute approximate surface area is 119 Å². The van der Waals surface area contributed by atoms with Crippen LogP contribution in [0.2, 0.25) is 0 Å². The zero-order chi connectivity index (χ0) is 14.5. The third-order valence-corrected chi connectivity index (χ3v) is 3.83. The normalized spacial score (nSPS) is 19.5. The molecule has 5 heteroatoms. The van der Waals surface area contributed by atoms with Crippen molar-refractivity contribution in [3.63, 3.8) is 0 Å². The van der Waals surface area contributed by atoms with Crippen molar-refractivity contribution in [1.82, 2.24) is 4.90 Å². The largest absolute Gasteiger partial charge is 0.495 e. The Morgan fingerprint density at radius 3 is 2.95 bits per heavy atom. The van der Waals surface area contributed by atoms with E-state index < -0.39 is 0 Å². The molecule has 1 saturated heterocycles. The van der Waals surface area contributed by atoms with Gasteiger partial charge in [0.15, 0.2) is 0 Å². The SMILES string of the molecule is COc1cc(C(=O)N2CCCCCC2CO)ccc1N. The summed E-state index contributed by atoms with van der Waals surface area (Å²) in [5.74, 6) is 0.440. The van der Waals surface area contributed by atoms with Crippen LogP contribution in [0.1, 0.15) is 36.0 Å². The van der Waals surface area contributed by atoms with Crippen molar-refractivity contribution in [1.29, 1.82) is 0 Å². The Morgan fingerprint density at radius 2 is 2.25 bits per heavy atom. The van der Waals surface area contributed by atoms with E-state index >= 15 is 0 Å². The highest BCUT2D eigenvalue weighted by molar-refractivity contribution is 5.95. The Balaban J connectivity index is 2.24. The number of nitrogen functional groups attached to an aromatic ring is 1. The smallest absolute Gasteiger partial charge is 0.254 e. The second kappa shape index (κ2) is 6.61. The van der Waals surface area contributed by atoms with Crippen molar-refractivity contribution in [2.24, 2.45) is 0 Å². The van der Waals surface area contributed by atoms with Crippen LogP contribution < -0.4 is 10.5 Å². The van der Waals surface area contributed by atoms with Gasteiger partial charge in [-0.1, -0.05) is 12.8 Å². The lowest BCUT2D eigenvalue weighted by Gasteiger charge is -2.28. The van der Waals surface area contributed by atoms with Crippen LogP contribution in [0.15, 0.2) is 18.2 Å². The molecule has 1 aliphatic heterocycles. The van der Waals surface area contributed by atoms with E-state index in [2.05, 4.69) is 0 Å². The molecule has 5 nitrogen and oxygen atoms in total. The van der Waals surface area contributed by atoms with E-state index in [4.69, 9.17) is 10.5 Å². The Kier molecular flexibility index (Phi) is 4.84. The highest BCUT2D eigenvalue weighted by atomic mass is 16.5. The molecule has 1 amide bonds. The van der Waals surface area contributed by atoms with Crippen LogP contribution in [0.25, 0.3) is 0 Å². The molecule has 0 saturated carbocycles. The van der Waals surface area contributed by atoms with Crippen LogP contribution in [-0.4, -0.2) is 42.2 Å². The highest BCUT2D eigenvalue weighted by Gasteiger charge is 2.26. The van der Waals surface area contributed by atoms with E-state index in [-0.39, 0.29) is 18.6 Å². The average Bonchev–Trinajstić information content (AvgIpc) is 2.72. The fourth-order valence-electron chi connectivity index (χ4n) is 2.64. The van der Waals surface area contributed by atoms with Crippen LogP contribution >= 0.6 is 0 Å². The quantitative estimate of drug-likeness (QED) is 0.824. The number of benzene rings is 1. The minimum atomic E-state index is -0.0893. The fourth-order valence-corrected chi connectivity index (χ4v) is 2.64. The lowest BCUT2D eigenvalue weighted by molar-refractivity contribution is 0.0599. The number of methoxy groups -OCH3 is 1. The van der Waals surface area contributed by atoms with E-state index in [0.717, 1.165) is 25.7 Å². The second-order valence-corrected chi connectivity index (χ2v) is 5.14. The summed E-state index contributed by atoms with van der Waals surface area (Å²) >= 11 is 0. The first-order valence-corrected chi connectivity index (χ1v) is 7.02. The Morgan fingerprint density at radius 1 is 1.45 bits per heavy atom. The van der Waals surface area contributed by atoms with E-state index in [9.17, 15) is 9.90 Å². The first kappa shape index (κ1) is 14.7. The molecule has 1 heterocycles. The number of nitrogens with zero attached hydrogens (tertiary/aromatic N) is 1. The summed E-state index contributed by atoms with van der Waals surface area (Å²) in [5.41, 5.74) is 6.83. The maximum atomic E-state index is 12.6. The molecule has 1 aromatic carbocycles. The summed E-state index contributed by atoms with van der Waals surface area (Å²) in [6.45, 7) is 0.703. The summed E-state index contributed by atoms with van der Waals surface area (Å²) in [7, 11) is 1.53. The summed E-state index contributed by atoms with van der Waals surface area (Å²) in [6, 6.07) is 4.96. The summed E-state index contributed by atoms with van der Waals surface area (Å²) in [5, 5.41) is 9.49. The third-order valence-electron chi connectivity index (χ3n) is 3.83. The van der Waals surface area contributed by atoms with Crippen molar-refractivity contribution in [2.45, 2.75) is 31.7 Å². The number of nitrogens with two attached hydrogens (primary N) is 1. The first-order chi connectivity index (χ1) is 9.67. The standard InChI is InChI=1S/C15H22N2O3/c1-20-14-9-11(6-7-13(14)16)15(19)17-8-4-2-3-5-12(17)10-18/h6-7,9,12,18H,2-5,8,10,16H2,1H3. The van der Waals surface area contributed by atoms with Crippen LogP contribution in [0.3, 0.4) is 0 Å². The molecule has 20 heavy (non-hydrogen) atoms. The van der Waals surface area contributed by atoms with Gasteiger partial charge < -0.3 is 20.5 Å². The average molecular weight is 278 g/mol. The van der Waals surface area contributed by atoms with Gasteiger partial charge in [0.05, 0.1) is 25.4 Å². The Bertz CT molecular complexity index is 476. The van der Waals surface area contributed by atoms with Gasteiger partial charge in [-0.2, -0.15) is 0 Å². The molecule has 1 fully saturated rings. The van der Waals surface area contributed by atoms with E-state index in [1.165, 1.54) is 7.11 Å². The van der Waals surface area contributed by atoms with Gasteiger partial charge in [-0.05, 0) is 31.0 Å². The number of hydrogen-bond donors (Lipinski definition) is 2. The molecule has 1 unspecified atom stereocenters. The molecule has 1 aliphatic rings. The predicted molar refractivity (Wildman–Crippen MR) is 77.8 cm³/mol. The van der Waals surface area contributed by atoms with Gasteiger partial charge in [0, 0.05) is 12.1 Å². The molecule has 2 rings (SSSR count). The number of likely N-dealkylation sites (tertiary alicyclic amines) is 1. The topological polar surface area (TPSA) is 75.8 Å². The van der Waals surface area contributed by atoms with Crippen molar-refractivity contribution in [3.8, 4) is 5.75 Å². The third kappa shape index (κ3) is 3.04. The molecular weight excluding hydrogens is 256 g/mol. The first-order valence-electron chi connectivity index (χ1n) is 7.02. The minimum absolute atomic E-state index is 0.0118. The number of anilines is 1. The maximum absolute atomic E-state index is 12.6. The number of aliphatic hydroxyl groups excluding tert-OH is 1. The van der Waals surface area contributed by atoms with E-state index in [1.54, 1.807) is 23.1 Å². The molecule has 3 N–H and O–H groups in total. The van der Waals surface area contributed by atoms with E-state index in [0.29, 0.717) is 23.5 Å². The van der Waals surface area contributed by atoms with Crippen molar-refractivity contribution < 1.29 is 14.6 Å². The molecular formula is C15H22N2O3. The molecule has 1 atom stereocenters. The number of amides is 1. The van der Waals surface area contributed by atoms with Gasteiger partial charge in [-0.15, -0.1) is 0 Å². The van der Waals surface area contributed by atoms with Crippen LogP contribution in [0.4, 0.5) is 5.69 Å².